The summed E-state index contributed by atoms with van der Waals surface area (Å²) in [6, 6.07) is 1.29. The molecule has 18 heavy (non-hydrogen) atoms. The monoisotopic (exact) mass is 249 g/mol. The Labute approximate surface area is 116 Å². The van der Waals surface area contributed by atoms with E-state index in [9.17, 15) is 4.79 Å². The third-order valence-corrected chi connectivity index (χ3v) is 3.00. The Morgan fingerprint density at radius 2 is 1.89 bits per heavy atom. The van der Waals surface area contributed by atoms with Crippen molar-refractivity contribution in [1.29, 1.82) is 0 Å². The number of hydrogen-bond donors (Lipinski definition) is 0. The first-order valence-electron chi connectivity index (χ1n) is 8.20. The van der Waals surface area contributed by atoms with Crippen LogP contribution in [0.1, 0.15) is 68.5 Å². The summed E-state index contributed by atoms with van der Waals surface area (Å²) in [5, 5.41) is 0. The largest absolute Gasteiger partial charge is 0.329 e. The van der Waals surface area contributed by atoms with E-state index >= 15 is 0 Å². The van der Waals surface area contributed by atoms with E-state index in [1.807, 2.05) is 20.8 Å². The summed E-state index contributed by atoms with van der Waals surface area (Å²) in [6.45, 7) is 9.01. The van der Waals surface area contributed by atoms with Crippen molar-refractivity contribution in [2.75, 3.05) is 0 Å². The molecule has 1 aromatic rings. The number of amides is 1. The van der Waals surface area contributed by atoms with E-state index in [1.54, 1.807) is 20.8 Å². The van der Waals surface area contributed by atoms with Gasteiger partial charge in [0.25, 0.3) is 5.91 Å². The van der Waals surface area contributed by atoms with Crippen LogP contribution in [0.25, 0.3) is 0 Å². The fourth-order valence-corrected chi connectivity index (χ4v) is 2.08. The maximum atomic E-state index is 12.9. The number of carbonyl (C=O) groups excluding carboxylic acids is 1. The lowest BCUT2D eigenvalue weighted by Gasteiger charge is -2.32. The molecule has 1 heterocycles. The Hall–Kier alpha value is -1.31. The van der Waals surface area contributed by atoms with Gasteiger partial charge in [0.2, 0.25) is 0 Å². The fourth-order valence-electron chi connectivity index (χ4n) is 2.08. The molecule has 1 aliphatic heterocycles. The molecule has 0 N–H and O–H groups in total. The molecule has 2 nitrogen and oxygen atoms in total. The van der Waals surface area contributed by atoms with Gasteiger partial charge in [0.15, 0.2) is 0 Å². The van der Waals surface area contributed by atoms with Gasteiger partial charge in [-0.3, -0.25) is 4.79 Å². The second-order valence-corrected chi connectivity index (χ2v) is 6.75. The zero-order valence-electron chi connectivity index (χ0n) is 15.9. The Morgan fingerprint density at radius 1 is 1.28 bits per heavy atom. The second kappa shape index (κ2) is 3.84. The highest BCUT2D eigenvalue weighted by Gasteiger charge is 2.37. The molecule has 0 bridgehead atoms. The molecule has 1 aliphatic rings. The summed E-state index contributed by atoms with van der Waals surface area (Å²) in [5.41, 5.74) is -0.292. The minimum atomic E-state index is -1.98. The number of hydrogen-bond acceptors (Lipinski definition) is 1. The molecule has 0 saturated heterocycles. The van der Waals surface area contributed by atoms with Gasteiger partial charge < -0.3 is 4.90 Å². The minimum absolute atomic E-state index is 0.00570. The molecule has 0 saturated carbocycles. The third kappa shape index (κ3) is 2.05. The molecule has 2 heteroatoms. The van der Waals surface area contributed by atoms with Gasteiger partial charge in [0.05, 0.1) is 5.48 Å². The van der Waals surface area contributed by atoms with Gasteiger partial charge in [-0.05, 0) is 37.3 Å². The van der Waals surface area contributed by atoms with E-state index in [4.69, 9.17) is 5.48 Å². The van der Waals surface area contributed by atoms with Gasteiger partial charge in [-0.1, -0.05) is 38.9 Å². The average Bonchev–Trinajstić information content (AvgIpc) is 2.45. The van der Waals surface area contributed by atoms with E-state index < -0.39 is 23.4 Å². The molecule has 1 aromatic carbocycles. The van der Waals surface area contributed by atoms with Gasteiger partial charge in [-0.15, -0.1) is 0 Å². The lowest BCUT2D eigenvalue weighted by molar-refractivity contribution is 0.0608. The maximum Gasteiger partial charge on any atom is 0.255 e. The fraction of sp³-hybridized carbons (Fsp3) is 0.562. The van der Waals surface area contributed by atoms with E-state index in [2.05, 4.69) is 0 Å². The van der Waals surface area contributed by atoms with Gasteiger partial charge in [0, 0.05) is 17.6 Å². The first-order chi connectivity index (χ1) is 9.70. The van der Waals surface area contributed by atoms with Crippen LogP contribution in [0.2, 0.25) is 0 Å². The minimum Gasteiger partial charge on any atom is -0.329 e. The summed E-state index contributed by atoms with van der Waals surface area (Å²) in [4.78, 5) is 14.2. The SMILES string of the molecule is [2H]c1cc2c(c(C(C)(C)C)c1[2H])C(=O)N(C(C)(C)C)C2([2H])[2H]. The van der Waals surface area contributed by atoms with E-state index in [-0.39, 0.29) is 23.2 Å². The average molecular weight is 249 g/mol. The standard InChI is InChI=1S/C16H23NO/c1-15(2,3)12-9-7-8-11-10-17(16(4,5)6)14(18)13(11)12/h7-9H,10H2,1-6H3/i7D,9D,10D2. The summed E-state index contributed by atoms with van der Waals surface area (Å²) in [7, 11) is 0. The Kier molecular flexibility index (Phi) is 1.86. The molecule has 98 valence electrons. The first-order valence-corrected chi connectivity index (χ1v) is 6.20. The highest BCUT2D eigenvalue weighted by Crippen LogP contribution is 2.35. The Balaban J connectivity index is 2.89. The molecule has 2 rings (SSSR count). The van der Waals surface area contributed by atoms with E-state index in [1.165, 1.54) is 11.0 Å². The van der Waals surface area contributed by atoms with Crippen molar-refractivity contribution in [2.45, 2.75) is 59.0 Å². The summed E-state index contributed by atoms with van der Waals surface area (Å²) < 4.78 is 33.0. The number of carbonyl (C=O) groups is 1. The summed E-state index contributed by atoms with van der Waals surface area (Å²) in [6.07, 6.45) is 0. The number of fused-ring (bicyclic) bond motifs is 1. The van der Waals surface area contributed by atoms with Gasteiger partial charge in [-0.25, -0.2) is 0 Å². The zero-order valence-corrected chi connectivity index (χ0v) is 11.9. The van der Waals surface area contributed by atoms with Crippen LogP contribution in [0.4, 0.5) is 0 Å². The molecule has 0 aromatic heterocycles. The van der Waals surface area contributed by atoms with Crippen LogP contribution in [0.15, 0.2) is 18.2 Å². The smallest absolute Gasteiger partial charge is 0.255 e. The lowest BCUT2D eigenvalue weighted by atomic mass is 9.82. The van der Waals surface area contributed by atoms with Crippen LogP contribution in [-0.2, 0) is 11.9 Å². The van der Waals surface area contributed by atoms with Gasteiger partial charge in [0.1, 0.15) is 0 Å². The van der Waals surface area contributed by atoms with Crippen molar-refractivity contribution in [3.8, 4) is 0 Å². The van der Waals surface area contributed by atoms with Crippen LogP contribution in [-0.4, -0.2) is 16.3 Å². The molecule has 0 atom stereocenters. The second-order valence-electron chi connectivity index (χ2n) is 6.75. The summed E-state index contributed by atoms with van der Waals surface area (Å²) in [5.74, 6) is -0.397. The zero-order chi connectivity index (χ0) is 17.2. The van der Waals surface area contributed by atoms with Crippen molar-refractivity contribution in [3.05, 3.63) is 34.8 Å². The van der Waals surface area contributed by atoms with E-state index in [0.29, 0.717) is 5.56 Å². The molecule has 0 aliphatic carbocycles. The van der Waals surface area contributed by atoms with Crippen molar-refractivity contribution in [3.63, 3.8) is 0 Å². The van der Waals surface area contributed by atoms with Crippen molar-refractivity contribution >= 4 is 5.91 Å². The van der Waals surface area contributed by atoms with Crippen molar-refractivity contribution in [1.82, 2.24) is 4.90 Å². The molecule has 0 spiro atoms. The normalized spacial score (nSPS) is 22.1. The van der Waals surface area contributed by atoms with Crippen molar-refractivity contribution in [2.24, 2.45) is 0 Å². The maximum absolute atomic E-state index is 12.9. The summed E-state index contributed by atoms with van der Waals surface area (Å²) >= 11 is 0. The van der Waals surface area contributed by atoms with Crippen LogP contribution < -0.4 is 0 Å². The van der Waals surface area contributed by atoms with E-state index in [0.717, 1.165) is 0 Å². The molecule has 0 radical (unpaired) electrons. The molecular formula is C16H23NO. The Bertz CT molecular complexity index is 654. The number of nitrogens with zero attached hydrogens (tertiary/aromatic N) is 1. The highest BCUT2D eigenvalue weighted by molar-refractivity contribution is 6.00. The van der Waals surface area contributed by atoms with Gasteiger partial charge in [-0.2, -0.15) is 0 Å². The lowest BCUT2D eigenvalue weighted by Crippen LogP contribution is -2.41. The molecular weight excluding hydrogens is 222 g/mol. The molecule has 0 unspecified atom stereocenters. The van der Waals surface area contributed by atoms with Crippen LogP contribution in [0, 0.1) is 0 Å². The Morgan fingerprint density at radius 3 is 2.39 bits per heavy atom. The van der Waals surface area contributed by atoms with Crippen LogP contribution in [0.5, 0.6) is 0 Å². The predicted molar refractivity (Wildman–Crippen MR) is 74.8 cm³/mol. The highest BCUT2D eigenvalue weighted by atomic mass is 16.2. The third-order valence-electron chi connectivity index (χ3n) is 3.00. The van der Waals surface area contributed by atoms with Gasteiger partial charge >= 0.3 is 0 Å². The number of rotatable bonds is 0. The first kappa shape index (κ1) is 8.73. The van der Waals surface area contributed by atoms with Crippen molar-refractivity contribution < 1.29 is 10.3 Å². The van der Waals surface area contributed by atoms with Crippen LogP contribution in [0.3, 0.4) is 0 Å². The quantitative estimate of drug-likeness (QED) is 0.686. The number of benzene rings is 1. The molecule has 1 amide bonds. The van der Waals surface area contributed by atoms with Crippen LogP contribution >= 0.6 is 0 Å². The molecule has 0 fully saturated rings. The predicted octanol–water partition coefficient (Wildman–Crippen LogP) is 3.74. The topological polar surface area (TPSA) is 20.3 Å².